The van der Waals surface area contributed by atoms with E-state index in [-0.39, 0.29) is 0 Å². The number of nitrogens with one attached hydrogen (secondary N) is 1. The zero-order valence-electron chi connectivity index (χ0n) is 12.8. The molecule has 1 aromatic carbocycles. The summed E-state index contributed by atoms with van der Waals surface area (Å²) in [6.07, 6.45) is 5.56. The normalized spacial score (nSPS) is 29.0. The first kappa shape index (κ1) is 13.9. The highest BCUT2D eigenvalue weighted by atomic mass is 16.5. The van der Waals surface area contributed by atoms with Gasteiger partial charge in [-0.2, -0.15) is 0 Å². The van der Waals surface area contributed by atoms with Gasteiger partial charge in [0.2, 0.25) is 0 Å². The van der Waals surface area contributed by atoms with Crippen LogP contribution in [-0.4, -0.2) is 13.2 Å². The van der Waals surface area contributed by atoms with Gasteiger partial charge in [0, 0.05) is 6.04 Å². The lowest BCUT2D eigenvalue weighted by atomic mass is 9.89. The summed E-state index contributed by atoms with van der Waals surface area (Å²) in [6.45, 7) is 6.13. The van der Waals surface area contributed by atoms with Crippen LogP contribution in [0.1, 0.15) is 51.1 Å². The molecule has 0 saturated heterocycles. The number of fused-ring (bicyclic) bond motifs is 1. The lowest BCUT2D eigenvalue weighted by Crippen LogP contribution is -2.28. The topological polar surface area (TPSA) is 21.3 Å². The van der Waals surface area contributed by atoms with Gasteiger partial charge >= 0.3 is 0 Å². The Labute approximate surface area is 122 Å². The molecule has 0 aliphatic heterocycles. The first-order valence-corrected chi connectivity index (χ1v) is 8.28. The first-order chi connectivity index (χ1) is 9.81. The number of hydrogen-bond donors (Lipinski definition) is 1. The van der Waals surface area contributed by atoms with Crippen molar-refractivity contribution in [2.45, 2.75) is 45.6 Å². The Kier molecular flexibility index (Phi) is 4.30. The maximum absolute atomic E-state index is 5.55. The quantitative estimate of drug-likeness (QED) is 0.805. The van der Waals surface area contributed by atoms with E-state index in [0.29, 0.717) is 6.04 Å². The summed E-state index contributed by atoms with van der Waals surface area (Å²) in [5.74, 6) is 3.92. The summed E-state index contributed by atoms with van der Waals surface area (Å²) in [6, 6.07) is 9.29. The average molecular weight is 273 g/mol. The highest BCUT2D eigenvalue weighted by molar-refractivity contribution is 5.30. The third-order valence-corrected chi connectivity index (χ3v) is 4.92. The Morgan fingerprint density at radius 1 is 1.10 bits per heavy atom. The number of hydrogen-bond acceptors (Lipinski definition) is 2. The van der Waals surface area contributed by atoms with Crippen LogP contribution >= 0.6 is 0 Å². The average Bonchev–Trinajstić information content (AvgIpc) is 3.08. The minimum Gasteiger partial charge on any atom is -0.494 e. The summed E-state index contributed by atoms with van der Waals surface area (Å²) in [4.78, 5) is 0. The molecule has 0 radical (unpaired) electrons. The van der Waals surface area contributed by atoms with E-state index >= 15 is 0 Å². The lowest BCUT2D eigenvalue weighted by Gasteiger charge is -2.26. The van der Waals surface area contributed by atoms with Crippen LogP contribution in [-0.2, 0) is 0 Å². The lowest BCUT2D eigenvalue weighted by molar-refractivity contribution is 0.334. The summed E-state index contributed by atoms with van der Waals surface area (Å²) in [5, 5.41) is 3.78. The fourth-order valence-electron chi connectivity index (χ4n) is 3.83. The maximum atomic E-state index is 5.55. The van der Waals surface area contributed by atoms with Crippen molar-refractivity contribution in [1.29, 1.82) is 0 Å². The van der Waals surface area contributed by atoms with Gasteiger partial charge in [0.15, 0.2) is 0 Å². The van der Waals surface area contributed by atoms with Crippen molar-refractivity contribution in [2.75, 3.05) is 13.2 Å². The van der Waals surface area contributed by atoms with Crippen LogP contribution in [0.25, 0.3) is 0 Å². The highest BCUT2D eigenvalue weighted by Crippen LogP contribution is 2.57. The second-order valence-electron chi connectivity index (χ2n) is 6.42. The van der Waals surface area contributed by atoms with Gasteiger partial charge in [0.25, 0.3) is 0 Å². The predicted molar refractivity (Wildman–Crippen MR) is 83.0 cm³/mol. The Balaban J connectivity index is 1.70. The summed E-state index contributed by atoms with van der Waals surface area (Å²) in [7, 11) is 0. The number of rotatable bonds is 7. The molecule has 0 spiro atoms. The Morgan fingerprint density at radius 3 is 2.40 bits per heavy atom. The minimum atomic E-state index is 0.540. The smallest absolute Gasteiger partial charge is 0.119 e. The summed E-state index contributed by atoms with van der Waals surface area (Å²) >= 11 is 0. The second-order valence-corrected chi connectivity index (χ2v) is 6.42. The molecule has 2 aliphatic rings. The molecule has 3 atom stereocenters. The van der Waals surface area contributed by atoms with Crippen LogP contribution in [0, 0.1) is 17.8 Å². The Morgan fingerprint density at radius 2 is 1.80 bits per heavy atom. The van der Waals surface area contributed by atoms with Gasteiger partial charge in [0.1, 0.15) is 5.75 Å². The molecule has 2 aliphatic carbocycles. The van der Waals surface area contributed by atoms with Gasteiger partial charge in [0.05, 0.1) is 6.61 Å². The molecule has 20 heavy (non-hydrogen) atoms. The fourth-order valence-corrected chi connectivity index (χ4v) is 3.83. The van der Waals surface area contributed by atoms with Crippen molar-refractivity contribution < 1.29 is 4.74 Å². The van der Waals surface area contributed by atoms with E-state index in [9.17, 15) is 0 Å². The monoisotopic (exact) mass is 273 g/mol. The predicted octanol–water partition coefficient (Wildman–Crippen LogP) is 4.17. The maximum Gasteiger partial charge on any atom is 0.119 e. The van der Waals surface area contributed by atoms with Crippen LogP contribution in [0.2, 0.25) is 0 Å². The standard InChI is InChI=1S/C18H27NO/c1-3-9-19-18(16-11-14-10-15(14)12-16)13-5-7-17(8-6-13)20-4-2/h5-8,14-16,18-19H,3-4,9-12H2,1-2H3. The molecule has 2 saturated carbocycles. The van der Waals surface area contributed by atoms with Crippen molar-refractivity contribution in [3.8, 4) is 5.75 Å². The zero-order valence-corrected chi connectivity index (χ0v) is 12.8. The van der Waals surface area contributed by atoms with Crippen molar-refractivity contribution in [1.82, 2.24) is 5.32 Å². The molecular formula is C18H27NO. The van der Waals surface area contributed by atoms with Gasteiger partial charge < -0.3 is 10.1 Å². The molecule has 2 nitrogen and oxygen atoms in total. The largest absolute Gasteiger partial charge is 0.494 e. The van der Waals surface area contributed by atoms with Crippen molar-refractivity contribution >= 4 is 0 Å². The molecular weight excluding hydrogens is 246 g/mol. The van der Waals surface area contributed by atoms with Crippen molar-refractivity contribution in [3.05, 3.63) is 29.8 Å². The molecule has 3 rings (SSSR count). The minimum absolute atomic E-state index is 0.540. The van der Waals surface area contributed by atoms with Crippen LogP contribution < -0.4 is 10.1 Å². The Bertz CT molecular complexity index is 418. The Hall–Kier alpha value is -1.02. The van der Waals surface area contributed by atoms with E-state index in [1.807, 2.05) is 6.92 Å². The molecule has 0 aromatic heterocycles. The van der Waals surface area contributed by atoms with Gasteiger partial charge in [-0.05, 0) is 74.6 Å². The van der Waals surface area contributed by atoms with E-state index in [2.05, 4.69) is 36.5 Å². The van der Waals surface area contributed by atoms with Gasteiger partial charge in [-0.1, -0.05) is 19.1 Å². The fraction of sp³-hybridized carbons (Fsp3) is 0.667. The molecule has 0 heterocycles. The van der Waals surface area contributed by atoms with E-state index in [0.717, 1.165) is 36.7 Å². The molecule has 110 valence electrons. The molecule has 2 heteroatoms. The number of benzene rings is 1. The molecule has 3 unspecified atom stereocenters. The number of ether oxygens (including phenoxy) is 1. The second kappa shape index (κ2) is 6.17. The molecule has 2 fully saturated rings. The van der Waals surface area contributed by atoms with Crippen LogP contribution in [0.15, 0.2) is 24.3 Å². The van der Waals surface area contributed by atoms with Crippen molar-refractivity contribution in [2.24, 2.45) is 17.8 Å². The molecule has 0 amide bonds. The SMILES string of the molecule is CCCNC(c1ccc(OCC)cc1)C1CC2CC2C1. The van der Waals surface area contributed by atoms with Gasteiger partial charge in [-0.25, -0.2) is 0 Å². The van der Waals surface area contributed by atoms with Crippen LogP contribution in [0.5, 0.6) is 5.75 Å². The van der Waals surface area contributed by atoms with E-state index in [1.165, 1.54) is 31.2 Å². The summed E-state index contributed by atoms with van der Waals surface area (Å²) in [5.41, 5.74) is 1.44. The summed E-state index contributed by atoms with van der Waals surface area (Å²) < 4.78 is 5.55. The van der Waals surface area contributed by atoms with E-state index in [4.69, 9.17) is 4.74 Å². The van der Waals surface area contributed by atoms with Gasteiger partial charge in [-0.15, -0.1) is 0 Å². The van der Waals surface area contributed by atoms with E-state index < -0.39 is 0 Å². The first-order valence-electron chi connectivity index (χ1n) is 8.28. The van der Waals surface area contributed by atoms with Crippen molar-refractivity contribution in [3.63, 3.8) is 0 Å². The third-order valence-electron chi connectivity index (χ3n) is 4.92. The van der Waals surface area contributed by atoms with Crippen LogP contribution in [0.3, 0.4) is 0 Å². The third kappa shape index (κ3) is 3.01. The molecule has 1 N–H and O–H groups in total. The molecule has 0 bridgehead atoms. The zero-order chi connectivity index (χ0) is 13.9. The van der Waals surface area contributed by atoms with E-state index in [1.54, 1.807) is 0 Å². The molecule has 1 aromatic rings. The van der Waals surface area contributed by atoms with Gasteiger partial charge in [-0.3, -0.25) is 0 Å². The van der Waals surface area contributed by atoms with Crippen LogP contribution in [0.4, 0.5) is 0 Å². The highest BCUT2D eigenvalue weighted by Gasteiger charge is 2.47.